The number of halogens is 1. The highest BCUT2D eigenvalue weighted by Gasteiger charge is 2.24. The van der Waals surface area contributed by atoms with Gasteiger partial charge in [0, 0.05) is 31.3 Å². The molecule has 1 aliphatic heterocycles. The lowest BCUT2D eigenvalue weighted by Crippen LogP contribution is -2.49. The van der Waals surface area contributed by atoms with Crippen molar-refractivity contribution in [3.63, 3.8) is 0 Å². The number of anilines is 2. The van der Waals surface area contributed by atoms with Crippen LogP contribution in [0.15, 0.2) is 24.3 Å². The first kappa shape index (κ1) is 15.0. The summed E-state index contributed by atoms with van der Waals surface area (Å²) in [5, 5.41) is 4.89. The summed E-state index contributed by atoms with van der Waals surface area (Å²) in [6, 6.07) is 6.48. The van der Waals surface area contributed by atoms with E-state index in [4.69, 9.17) is 0 Å². The standard InChI is InChI=1S/C12H13N3O3.ClH/c1-8(16)13-9-3-2-4-10(7-9)15-6-5-11(17)14-12(15)18;/h2-4,7H,5-6H2,1H3,(H,13,16)(H,14,17,18);1H. The Kier molecular flexibility index (Phi) is 4.88. The predicted molar refractivity (Wildman–Crippen MR) is 73.5 cm³/mol. The Morgan fingerprint density at radius 3 is 2.74 bits per heavy atom. The smallest absolute Gasteiger partial charge is 0.326 e. The van der Waals surface area contributed by atoms with Crippen molar-refractivity contribution in [1.82, 2.24) is 5.32 Å². The largest absolute Gasteiger partial charge is 0.328 e. The second-order valence-corrected chi connectivity index (χ2v) is 3.99. The van der Waals surface area contributed by atoms with Crippen molar-refractivity contribution in [2.45, 2.75) is 13.3 Å². The van der Waals surface area contributed by atoms with Gasteiger partial charge in [-0.25, -0.2) is 4.79 Å². The zero-order chi connectivity index (χ0) is 13.1. The molecule has 0 unspecified atom stereocenters. The van der Waals surface area contributed by atoms with Gasteiger partial charge in [-0.15, -0.1) is 12.4 Å². The van der Waals surface area contributed by atoms with E-state index in [1.165, 1.54) is 11.8 Å². The van der Waals surface area contributed by atoms with Crippen molar-refractivity contribution in [2.24, 2.45) is 0 Å². The van der Waals surface area contributed by atoms with Crippen LogP contribution in [0.2, 0.25) is 0 Å². The normalized spacial score (nSPS) is 14.5. The van der Waals surface area contributed by atoms with E-state index in [0.717, 1.165) is 0 Å². The number of imide groups is 1. The number of carbonyl (C=O) groups excluding carboxylic acids is 3. The lowest BCUT2D eigenvalue weighted by molar-refractivity contribution is -0.120. The molecule has 2 rings (SSSR count). The van der Waals surface area contributed by atoms with E-state index >= 15 is 0 Å². The zero-order valence-electron chi connectivity index (χ0n) is 10.3. The number of benzene rings is 1. The molecule has 1 aromatic rings. The van der Waals surface area contributed by atoms with Crippen molar-refractivity contribution in [2.75, 3.05) is 16.8 Å². The molecule has 4 amide bonds. The molecule has 0 radical (unpaired) electrons. The van der Waals surface area contributed by atoms with E-state index in [9.17, 15) is 14.4 Å². The van der Waals surface area contributed by atoms with Gasteiger partial charge < -0.3 is 5.32 Å². The highest BCUT2D eigenvalue weighted by atomic mass is 35.5. The summed E-state index contributed by atoms with van der Waals surface area (Å²) in [6.45, 7) is 1.76. The Morgan fingerprint density at radius 1 is 1.37 bits per heavy atom. The molecule has 0 aliphatic carbocycles. The first-order chi connectivity index (χ1) is 8.56. The van der Waals surface area contributed by atoms with Gasteiger partial charge >= 0.3 is 6.03 Å². The SMILES string of the molecule is CC(=O)Nc1cccc(N2CCC(=O)NC2=O)c1.Cl. The summed E-state index contributed by atoms with van der Waals surface area (Å²) in [7, 11) is 0. The minimum atomic E-state index is -0.439. The highest BCUT2D eigenvalue weighted by Crippen LogP contribution is 2.21. The summed E-state index contributed by atoms with van der Waals surface area (Å²) in [6.07, 6.45) is 0.274. The first-order valence-corrected chi connectivity index (χ1v) is 5.55. The van der Waals surface area contributed by atoms with Gasteiger partial charge in [0.25, 0.3) is 0 Å². The fraction of sp³-hybridized carbons (Fsp3) is 0.250. The van der Waals surface area contributed by atoms with Crippen LogP contribution < -0.4 is 15.5 Å². The third-order valence-corrected chi connectivity index (χ3v) is 2.53. The number of nitrogens with zero attached hydrogens (tertiary/aromatic N) is 1. The second kappa shape index (κ2) is 6.19. The summed E-state index contributed by atoms with van der Waals surface area (Å²) < 4.78 is 0. The molecular weight excluding hydrogens is 270 g/mol. The molecule has 19 heavy (non-hydrogen) atoms. The molecule has 0 spiro atoms. The van der Waals surface area contributed by atoms with Gasteiger partial charge in [0.15, 0.2) is 0 Å². The monoisotopic (exact) mass is 283 g/mol. The van der Waals surface area contributed by atoms with Crippen LogP contribution in [-0.4, -0.2) is 24.4 Å². The van der Waals surface area contributed by atoms with E-state index in [-0.39, 0.29) is 30.6 Å². The van der Waals surface area contributed by atoms with Crippen LogP contribution >= 0.6 is 12.4 Å². The molecule has 102 valence electrons. The molecule has 0 saturated carbocycles. The molecule has 1 heterocycles. The second-order valence-electron chi connectivity index (χ2n) is 3.99. The third-order valence-electron chi connectivity index (χ3n) is 2.53. The topological polar surface area (TPSA) is 78.5 Å². The number of nitrogens with one attached hydrogen (secondary N) is 2. The highest BCUT2D eigenvalue weighted by molar-refractivity contribution is 6.05. The molecule has 6 nitrogen and oxygen atoms in total. The van der Waals surface area contributed by atoms with Gasteiger partial charge in [-0.05, 0) is 18.2 Å². The number of rotatable bonds is 2. The first-order valence-electron chi connectivity index (χ1n) is 5.55. The Bertz CT molecular complexity index is 519. The van der Waals surface area contributed by atoms with Crippen molar-refractivity contribution in [3.8, 4) is 0 Å². The molecule has 1 fully saturated rings. The summed E-state index contributed by atoms with van der Waals surface area (Å²) in [5.41, 5.74) is 1.26. The van der Waals surface area contributed by atoms with Crippen molar-refractivity contribution in [3.05, 3.63) is 24.3 Å². The molecule has 1 aliphatic rings. The Morgan fingerprint density at radius 2 is 2.11 bits per heavy atom. The van der Waals surface area contributed by atoms with Crippen LogP contribution in [0.25, 0.3) is 0 Å². The fourth-order valence-electron chi connectivity index (χ4n) is 1.77. The molecule has 0 aromatic heterocycles. The van der Waals surface area contributed by atoms with Crippen LogP contribution in [0.4, 0.5) is 16.2 Å². The van der Waals surface area contributed by atoms with Crippen molar-refractivity contribution >= 4 is 41.6 Å². The van der Waals surface area contributed by atoms with Gasteiger partial charge in [-0.3, -0.25) is 19.8 Å². The molecule has 2 N–H and O–H groups in total. The number of hydrogen-bond acceptors (Lipinski definition) is 3. The lowest BCUT2D eigenvalue weighted by Gasteiger charge is -2.26. The maximum Gasteiger partial charge on any atom is 0.328 e. The third kappa shape index (κ3) is 3.69. The Balaban J connectivity index is 0.00000180. The van der Waals surface area contributed by atoms with Crippen molar-refractivity contribution < 1.29 is 14.4 Å². The van der Waals surface area contributed by atoms with Gasteiger partial charge in [-0.2, -0.15) is 0 Å². The van der Waals surface area contributed by atoms with Gasteiger partial charge in [0.1, 0.15) is 0 Å². The number of hydrogen-bond donors (Lipinski definition) is 2. The average Bonchev–Trinajstić information content (AvgIpc) is 2.28. The average molecular weight is 284 g/mol. The van der Waals surface area contributed by atoms with Crippen LogP contribution in [0.3, 0.4) is 0 Å². The lowest BCUT2D eigenvalue weighted by atomic mass is 10.2. The minimum absolute atomic E-state index is 0. The Hall–Kier alpha value is -2.08. The number of amides is 4. The number of carbonyl (C=O) groups is 3. The van der Waals surface area contributed by atoms with E-state index in [2.05, 4.69) is 10.6 Å². The predicted octanol–water partition coefficient (Wildman–Crippen LogP) is 1.51. The summed E-state index contributed by atoms with van der Waals surface area (Å²) in [5.74, 6) is -0.445. The van der Waals surface area contributed by atoms with Gasteiger partial charge in [0.2, 0.25) is 11.8 Å². The maximum absolute atomic E-state index is 11.6. The van der Waals surface area contributed by atoms with Gasteiger partial charge in [0.05, 0.1) is 0 Å². The summed E-state index contributed by atoms with van der Waals surface area (Å²) in [4.78, 5) is 35.1. The van der Waals surface area contributed by atoms with Crippen LogP contribution in [-0.2, 0) is 9.59 Å². The zero-order valence-corrected chi connectivity index (χ0v) is 11.1. The molecule has 1 aromatic carbocycles. The molecule has 0 bridgehead atoms. The van der Waals surface area contributed by atoms with Crippen LogP contribution in [0.1, 0.15) is 13.3 Å². The van der Waals surface area contributed by atoms with Gasteiger partial charge in [-0.1, -0.05) is 6.07 Å². The molecule has 0 atom stereocenters. The summed E-state index contributed by atoms with van der Waals surface area (Å²) >= 11 is 0. The number of urea groups is 1. The molecular formula is C12H14ClN3O3. The quantitative estimate of drug-likeness (QED) is 0.863. The molecule has 1 saturated heterocycles. The minimum Gasteiger partial charge on any atom is -0.326 e. The fourth-order valence-corrected chi connectivity index (χ4v) is 1.77. The van der Waals surface area contributed by atoms with E-state index in [0.29, 0.717) is 17.9 Å². The van der Waals surface area contributed by atoms with E-state index in [1.807, 2.05) is 0 Å². The molecule has 7 heteroatoms. The van der Waals surface area contributed by atoms with Crippen molar-refractivity contribution in [1.29, 1.82) is 0 Å². The van der Waals surface area contributed by atoms with E-state index in [1.54, 1.807) is 24.3 Å². The maximum atomic E-state index is 11.6. The van der Waals surface area contributed by atoms with E-state index < -0.39 is 6.03 Å². The van der Waals surface area contributed by atoms with Crippen LogP contribution in [0.5, 0.6) is 0 Å². The Labute approximate surface area is 116 Å². The van der Waals surface area contributed by atoms with Crippen LogP contribution in [0, 0.1) is 0 Å².